The van der Waals surface area contributed by atoms with Crippen LogP contribution >= 0.6 is 12.8 Å². The molecule has 0 aromatic carbocycles. The molecule has 3 heteroatoms. The molecule has 0 rings (SSSR count). The van der Waals surface area contributed by atoms with E-state index in [1.807, 2.05) is 0 Å². The second-order valence-electron chi connectivity index (χ2n) is 0.810. The van der Waals surface area contributed by atoms with Gasteiger partial charge in [-0.15, -0.1) is 0 Å². The molecule has 0 spiro atoms. The van der Waals surface area contributed by atoms with Crippen molar-refractivity contribution in [2.24, 2.45) is 0 Å². The van der Waals surface area contributed by atoms with Crippen molar-refractivity contribution in [3.8, 4) is 0 Å². The van der Waals surface area contributed by atoms with Crippen molar-refractivity contribution in [1.29, 1.82) is 0 Å². The van der Waals surface area contributed by atoms with Crippen molar-refractivity contribution in [2.75, 3.05) is 0 Å². The molecular weight excluding hydrogens is 98.1 g/mol. The minimum absolute atomic E-state index is 0.687. The van der Waals surface area contributed by atoms with Crippen molar-refractivity contribution in [3.63, 3.8) is 0 Å². The standard InChI is InChI=1S/C3H7NOS/c1-2-3(5)4-6/h2-6H,1H2. The van der Waals surface area contributed by atoms with Crippen LogP contribution in [0.15, 0.2) is 12.7 Å². The molecule has 0 aromatic heterocycles. The van der Waals surface area contributed by atoms with Crippen molar-refractivity contribution < 1.29 is 5.11 Å². The maximum atomic E-state index is 8.36. The van der Waals surface area contributed by atoms with Crippen LogP contribution in [0.5, 0.6) is 0 Å². The summed E-state index contributed by atoms with van der Waals surface area (Å²) in [6.07, 6.45) is 0.654. The maximum absolute atomic E-state index is 8.36. The summed E-state index contributed by atoms with van der Waals surface area (Å²) in [6.45, 7) is 3.27. The van der Waals surface area contributed by atoms with Crippen LogP contribution in [0.1, 0.15) is 0 Å². The molecule has 6 heavy (non-hydrogen) atoms. The maximum Gasteiger partial charge on any atom is 0.132 e. The fourth-order valence-electron chi connectivity index (χ4n) is 0.0527. The Bertz CT molecular complexity index is 48.1. The molecule has 0 saturated heterocycles. The third kappa shape index (κ3) is 2.26. The summed E-state index contributed by atoms with van der Waals surface area (Å²) in [7, 11) is 0. The van der Waals surface area contributed by atoms with Gasteiger partial charge in [0.15, 0.2) is 0 Å². The Balaban J connectivity index is 2.96. The van der Waals surface area contributed by atoms with Gasteiger partial charge in [-0.1, -0.05) is 19.4 Å². The van der Waals surface area contributed by atoms with E-state index in [0.717, 1.165) is 0 Å². The van der Waals surface area contributed by atoms with Gasteiger partial charge in [0.25, 0.3) is 0 Å². The lowest BCUT2D eigenvalue weighted by Gasteiger charge is -1.96. The average molecular weight is 105 g/mol. The lowest BCUT2D eigenvalue weighted by molar-refractivity contribution is 0.217. The molecule has 0 aliphatic heterocycles. The lowest BCUT2D eigenvalue weighted by Crippen LogP contribution is -2.15. The average Bonchev–Trinajstić information content (AvgIpc) is 1.65. The number of aliphatic hydroxyl groups is 1. The SMILES string of the molecule is C=CC(O)NS. The normalized spacial score (nSPS) is 13.7. The van der Waals surface area contributed by atoms with Crippen LogP contribution in [0.25, 0.3) is 0 Å². The highest BCUT2D eigenvalue weighted by molar-refractivity contribution is 7.78. The highest BCUT2D eigenvalue weighted by atomic mass is 32.1. The van der Waals surface area contributed by atoms with E-state index in [1.54, 1.807) is 0 Å². The summed E-state index contributed by atoms with van der Waals surface area (Å²) in [5.41, 5.74) is 0. The predicted octanol–water partition coefficient (Wildman–Crippen LogP) is -0.0748. The molecule has 0 aliphatic carbocycles. The summed E-state index contributed by atoms with van der Waals surface area (Å²) in [6, 6.07) is 0. The van der Waals surface area contributed by atoms with E-state index < -0.39 is 6.23 Å². The van der Waals surface area contributed by atoms with Crippen LogP contribution in [0.3, 0.4) is 0 Å². The van der Waals surface area contributed by atoms with Gasteiger partial charge in [0.2, 0.25) is 0 Å². The Hall–Kier alpha value is 0.0100. The van der Waals surface area contributed by atoms with E-state index >= 15 is 0 Å². The molecule has 0 saturated carbocycles. The van der Waals surface area contributed by atoms with Crippen LogP contribution in [0.4, 0.5) is 0 Å². The Labute approximate surface area is 42.4 Å². The van der Waals surface area contributed by atoms with Gasteiger partial charge >= 0.3 is 0 Å². The topological polar surface area (TPSA) is 32.3 Å². The van der Waals surface area contributed by atoms with Gasteiger partial charge in [0.1, 0.15) is 6.23 Å². The molecule has 36 valence electrons. The second-order valence-corrected chi connectivity index (χ2v) is 1.07. The van der Waals surface area contributed by atoms with E-state index in [4.69, 9.17) is 5.11 Å². The number of aliphatic hydroxyl groups excluding tert-OH is 1. The first-order valence-corrected chi connectivity index (χ1v) is 1.96. The van der Waals surface area contributed by atoms with Crippen LogP contribution in [0, 0.1) is 0 Å². The molecule has 0 radical (unpaired) electrons. The molecule has 2 nitrogen and oxygen atoms in total. The van der Waals surface area contributed by atoms with Crippen molar-refractivity contribution in [2.45, 2.75) is 6.23 Å². The quantitative estimate of drug-likeness (QED) is 0.261. The van der Waals surface area contributed by atoms with Gasteiger partial charge in [-0.05, 0) is 6.08 Å². The first-order valence-electron chi connectivity index (χ1n) is 1.51. The van der Waals surface area contributed by atoms with Crippen LogP contribution in [0.2, 0.25) is 0 Å². The van der Waals surface area contributed by atoms with E-state index in [2.05, 4.69) is 24.1 Å². The third-order valence-electron chi connectivity index (χ3n) is 0.356. The van der Waals surface area contributed by atoms with Crippen LogP contribution in [-0.2, 0) is 0 Å². The number of hydrogen-bond donors (Lipinski definition) is 3. The predicted molar refractivity (Wildman–Crippen MR) is 28.3 cm³/mol. The summed E-state index contributed by atoms with van der Waals surface area (Å²) in [4.78, 5) is 0. The third-order valence-corrected chi connectivity index (χ3v) is 0.620. The summed E-state index contributed by atoms with van der Waals surface area (Å²) < 4.78 is 2.25. The number of nitrogens with one attached hydrogen (secondary N) is 1. The monoisotopic (exact) mass is 105 g/mol. The molecule has 0 aromatic rings. The minimum atomic E-state index is -0.687. The van der Waals surface area contributed by atoms with Crippen molar-refractivity contribution in [1.82, 2.24) is 4.72 Å². The summed E-state index contributed by atoms with van der Waals surface area (Å²) >= 11 is 3.52. The van der Waals surface area contributed by atoms with E-state index in [9.17, 15) is 0 Å². The number of rotatable bonds is 2. The summed E-state index contributed by atoms with van der Waals surface area (Å²) in [5.74, 6) is 0. The molecular formula is C3H7NOS. The van der Waals surface area contributed by atoms with E-state index in [0.29, 0.717) is 0 Å². The smallest absolute Gasteiger partial charge is 0.132 e. The van der Waals surface area contributed by atoms with Crippen molar-refractivity contribution in [3.05, 3.63) is 12.7 Å². The van der Waals surface area contributed by atoms with Crippen molar-refractivity contribution >= 4 is 12.8 Å². The number of hydrogen-bond acceptors (Lipinski definition) is 3. The van der Waals surface area contributed by atoms with Gasteiger partial charge in [0, 0.05) is 0 Å². The summed E-state index contributed by atoms with van der Waals surface area (Å²) in [5, 5.41) is 8.36. The molecule has 0 heterocycles. The zero-order valence-corrected chi connectivity index (χ0v) is 4.15. The molecule has 2 N–H and O–H groups in total. The molecule has 0 amide bonds. The Morgan fingerprint density at radius 3 is 2.50 bits per heavy atom. The highest BCUT2D eigenvalue weighted by Gasteiger charge is 1.84. The van der Waals surface area contributed by atoms with Crippen LogP contribution < -0.4 is 4.72 Å². The second kappa shape index (κ2) is 3.21. The zero-order chi connectivity index (χ0) is 4.99. The molecule has 0 bridgehead atoms. The van der Waals surface area contributed by atoms with E-state index in [-0.39, 0.29) is 0 Å². The lowest BCUT2D eigenvalue weighted by atomic mass is 10.6. The molecule has 0 aliphatic rings. The van der Waals surface area contributed by atoms with Crippen LogP contribution in [-0.4, -0.2) is 11.3 Å². The molecule has 0 fully saturated rings. The van der Waals surface area contributed by atoms with Gasteiger partial charge in [-0.25, -0.2) is 4.72 Å². The first kappa shape index (κ1) is 6.01. The fourth-order valence-corrected chi connectivity index (χ4v) is 0.158. The molecule has 1 unspecified atom stereocenters. The highest BCUT2D eigenvalue weighted by Crippen LogP contribution is 1.74. The Kier molecular flexibility index (Phi) is 3.21. The fraction of sp³-hybridized carbons (Fsp3) is 0.333. The Morgan fingerprint density at radius 1 is 2.00 bits per heavy atom. The van der Waals surface area contributed by atoms with Gasteiger partial charge in [0.05, 0.1) is 0 Å². The largest absolute Gasteiger partial charge is 0.374 e. The number of thiol groups is 1. The van der Waals surface area contributed by atoms with Gasteiger partial charge < -0.3 is 5.11 Å². The zero-order valence-electron chi connectivity index (χ0n) is 3.26. The van der Waals surface area contributed by atoms with E-state index in [1.165, 1.54) is 6.08 Å². The minimum Gasteiger partial charge on any atom is -0.374 e. The first-order chi connectivity index (χ1) is 2.81. The Morgan fingerprint density at radius 2 is 2.50 bits per heavy atom. The molecule has 1 atom stereocenters. The van der Waals surface area contributed by atoms with Gasteiger partial charge in [-0.3, -0.25) is 0 Å². The van der Waals surface area contributed by atoms with Gasteiger partial charge in [-0.2, -0.15) is 0 Å².